The number of carbonyl (C=O) groups is 3. The molecule has 5 aliphatic rings. The van der Waals surface area contributed by atoms with E-state index < -0.39 is 35.8 Å². The van der Waals surface area contributed by atoms with Crippen LogP contribution in [0.15, 0.2) is 0 Å². The smallest absolute Gasteiger partial charge is 0.320 e. The molecule has 5 rings (SSSR count). The van der Waals surface area contributed by atoms with E-state index >= 15 is 0 Å². The van der Waals surface area contributed by atoms with Crippen LogP contribution in [-0.4, -0.2) is 79.8 Å². The van der Waals surface area contributed by atoms with Crippen LogP contribution in [0.25, 0.3) is 0 Å². The lowest BCUT2D eigenvalue weighted by Crippen LogP contribution is -2.47. The summed E-state index contributed by atoms with van der Waals surface area (Å²) < 4.78 is 28.5. The number of rotatable bonds is 7. The van der Waals surface area contributed by atoms with Crippen LogP contribution >= 0.6 is 0 Å². The van der Waals surface area contributed by atoms with Crippen molar-refractivity contribution >= 4 is 17.9 Å². The molecule has 9 nitrogen and oxygen atoms in total. The van der Waals surface area contributed by atoms with Crippen molar-refractivity contribution in [3.8, 4) is 0 Å². The zero-order chi connectivity index (χ0) is 22.5. The summed E-state index contributed by atoms with van der Waals surface area (Å²) in [5, 5.41) is 0. The van der Waals surface area contributed by atoms with Crippen LogP contribution in [0.4, 0.5) is 0 Å². The third-order valence-electron chi connectivity index (χ3n) is 7.64. The summed E-state index contributed by atoms with van der Waals surface area (Å²) in [5.41, 5.74) is 0. The molecule has 0 amide bonds. The van der Waals surface area contributed by atoms with Crippen molar-refractivity contribution in [2.45, 2.75) is 70.1 Å². The second-order valence-corrected chi connectivity index (χ2v) is 10.2. The van der Waals surface area contributed by atoms with Gasteiger partial charge in [-0.25, -0.2) is 0 Å². The van der Waals surface area contributed by atoms with Gasteiger partial charge in [-0.1, -0.05) is 12.8 Å². The quantitative estimate of drug-likeness (QED) is 0.322. The highest BCUT2D eigenvalue weighted by Gasteiger charge is 2.70. The molecule has 0 spiro atoms. The summed E-state index contributed by atoms with van der Waals surface area (Å²) in [7, 11) is 0. The highest BCUT2D eigenvalue weighted by molar-refractivity contribution is 5.86. The Labute approximate surface area is 188 Å². The molecule has 0 aromatic carbocycles. The Balaban J connectivity index is 1.24. The fourth-order valence-corrected chi connectivity index (χ4v) is 6.34. The predicted octanol–water partition coefficient (Wildman–Crippen LogP) is 1.28. The van der Waals surface area contributed by atoms with Crippen molar-refractivity contribution in [1.82, 2.24) is 4.90 Å². The van der Waals surface area contributed by atoms with Crippen molar-refractivity contribution < 1.29 is 38.1 Å². The molecule has 178 valence electrons. The second-order valence-electron chi connectivity index (χ2n) is 10.2. The number of hydrogen-bond donors (Lipinski definition) is 0. The van der Waals surface area contributed by atoms with Crippen LogP contribution in [0.1, 0.15) is 46.0 Å². The fourth-order valence-electron chi connectivity index (χ4n) is 6.34. The minimum atomic E-state index is -1.07. The first-order valence-corrected chi connectivity index (χ1v) is 11.9. The third kappa shape index (κ3) is 4.15. The molecule has 2 aliphatic heterocycles. The summed E-state index contributed by atoms with van der Waals surface area (Å²) >= 11 is 0. The molecule has 2 saturated heterocycles. The van der Waals surface area contributed by atoms with E-state index in [4.69, 9.17) is 23.7 Å². The summed E-state index contributed by atoms with van der Waals surface area (Å²) in [6, 6.07) is 0. The van der Waals surface area contributed by atoms with Gasteiger partial charge in [0.2, 0.25) is 5.79 Å². The van der Waals surface area contributed by atoms with E-state index in [-0.39, 0.29) is 36.4 Å². The topological polar surface area (TPSA) is 101 Å². The van der Waals surface area contributed by atoms with E-state index in [0.717, 1.165) is 25.7 Å². The summed E-state index contributed by atoms with van der Waals surface area (Å²) in [6.07, 6.45) is 3.82. The first-order valence-electron chi connectivity index (χ1n) is 11.9. The van der Waals surface area contributed by atoms with Gasteiger partial charge < -0.3 is 23.7 Å². The van der Waals surface area contributed by atoms with E-state index in [1.54, 1.807) is 13.8 Å². The van der Waals surface area contributed by atoms with Crippen molar-refractivity contribution in [3.05, 3.63) is 0 Å². The number of nitrogens with zero attached hydrogens (tertiary/aromatic N) is 1. The zero-order valence-corrected chi connectivity index (χ0v) is 18.8. The largest absolute Gasteiger partial charge is 0.458 e. The molecule has 3 saturated carbocycles. The second kappa shape index (κ2) is 8.57. The van der Waals surface area contributed by atoms with E-state index in [2.05, 4.69) is 0 Å². The monoisotopic (exact) mass is 451 g/mol. The molecule has 0 aromatic rings. The Bertz CT molecular complexity index is 757. The lowest BCUT2D eigenvalue weighted by Gasteiger charge is -2.34. The van der Waals surface area contributed by atoms with E-state index in [1.807, 2.05) is 4.90 Å². The molecular weight excluding hydrogens is 418 g/mol. The zero-order valence-electron chi connectivity index (χ0n) is 18.8. The molecule has 2 heterocycles. The lowest BCUT2D eigenvalue weighted by molar-refractivity contribution is -0.237. The number of carbonyl (C=O) groups excluding carboxylic acids is 3. The van der Waals surface area contributed by atoms with E-state index in [0.29, 0.717) is 32.7 Å². The molecule has 0 N–H and O–H groups in total. The average Bonchev–Trinajstić information content (AvgIpc) is 3.47. The van der Waals surface area contributed by atoms with Crippen LogP contribution in [0, 0.1) is 23.7 Å². The van der Waals surface area contributed by atoms with Gasteiger partial charge in [-0.05, 0) is 19.3 Å². The summed E-state index contributed by atoms with van der Waals surface area (Å²) in [5.74, 6) is -3.84. The third-order valence-corrected chi connectivity index (χ3v) is 7.64. The Morgan fingerprint density at radius 1 is 1.12 bits per heavy atom. The van der Waals surface area contributed by atoms with Gasteiger partial charge in [0, 0.05) is 38.8 Å². The molecule has 0 radical (unpaired) electrons. The molecule has 9 heteroatoms. The highest BCUT2D eigenvalue weighted by Crippen LogP contribution is 2.59. The Hall–Kier alpha value is -1.71. The van der Waals surface area contributed by atoms with Crippen molar-refractivity contribution in [2.75, 3.05) is 32.8 Å². The first kappa shape index (κ1) is 22.1. The van der Waals surface area contributed by atoms with Crippen molar-refractivity contribution in [3.63, 3.8) is 0 Å². The maximum absolute atomic E-state index is 13.2. The molecule has 2 bridgehead atoms. The number of esters is 3. The Morgan fingerprint density at radius 3 is 2.56 bits per heavy atom. The Morgan fingerprint density at radius 2 is 1.84 bits per heavy atom. The Kier molecular flexibility index (Phi) is 5.92. The first-order chi connectivity index (χ1) is 15.3. The molecule has 6 atom stereocenters. The van der Waals surface area contributed by atoms with Gasteiger partial charge in [-0.3, -0.25) is 19.3 Å². The van der Waals surface area contributed by atoms with Gasteiger partial charge in [0.05, 0.1) is 37.7 Å². The molecule has 5 fully saturated rings. The molecular formula is C23H33NO8. The van der Waals surface area contributed by atoms with Crippen molar-refractivity contribution in [1.29, 1.82) is 0 Å². The fraction of sp³-hybridized carbons (Fsp3) is 0.870. The standard InChI is InChI=1S/C23H33NO8/c1-23(2,31-13-5-3-4-6-13)32-22(27)18-15-11-14-17(18)21(26)30-20(14)19(15)29-16(25)12-24-7-9-28-10-8-24/h13-15,17-20H,3-12H2,1-2H3. The van der Waals surface area contributed by atoms with Crippen LogP contribution in [-0.2, 0) is 38.1 Å². The SMILES string of the molecule is CC(C)(OC(=O)C1C2CC3C(OC(=O)C31)C2OC(=O)CN1CCOCC1)OC1CCCC1. The number of hydrogen-bond acceptors (Lipinski definition) is 9. The van der Waals surface area contributed by atoms with Gasteiger partial charge in [-0.2, -0.15) is 0 Å². The maximum atomic E-state index is 13.2. The van der Waals surface area contributed by atoms with Gasteiger partial charge in [-0.15, -0.1) is 0 Å². The summed E-state index contributed by atoms with van der Waals surface area (Å²) in [4.78, 5) is 40.4. The highest BCUT2D eigenvalue weighted by atomic mass is 16.7. The van der Waals surface area contributed by atoms with Crippen LogP contribution in [0.5, 0.6) is 0 Å². The molecule has 32 heavy (non-hydrogen) atoms. The predicted molar refractivity (Wildman–Crippen MR) is 109 cm³/mol. The van der Waals surface area contributed by atoms with Crippen LogP contribution in [0.3, 0.4) is 0 Å². The van der Waals surface area contributed by atoms with Crippen LogP contribution < -0.4 is 0 Å². The average molecular weight is 452 g/mol. The van der Waals surface area contributed by atoms with E-state index in [1.165, 1.54) is 0 Å². The maximum Gasteiger partial charge on any atom is 0.320 e. The normalized spacial score (nSPS) is 37.0. The number of morpholine rings is 1. The van der Waals surface area contributed by atoms with Gasteiger partial charge in [0.25, 0.3) is 0 Å². The molecule has 3 aliphatic carbocycles. The van der Waals surface area contributed by atoms with Crippen molar-refractivity contribution in [2.24, 2.45) is 23.7 Å². The van der Waals surface area contributed by atoms with Gasteiger partial charge >= 0.3 is 17.9 Å². The van der Waals surface area contributed by atoms with Crippen LogP contribution in [0.2, 0.25) is 0 Å². The van der Waals surface area contributed by atoms with Gasteiger partial charge in [0.1, 0.15) is 12.2 Å². The van der Waals surface area contributed by atoms with Gasteiger partial charge in [0.15, 0.2) is 0 Å². The summed E-state index contributed by atoms with van der Waals surface area (Å²) in [6.45, 7) is 6.19. The minimum absolute atomic E-state index is 0.0903. The number of fused-ring (bicyclic) bond motifs is 1. The van der Waals surface area contributed by atoms with E-state index in [9.17, 15) is 14.4 Å². The lowest BCUT2D eigenvalue weighted by atomic mass is 9.78. The molecule has 6 unspecified atom stereocenters. The number of ether oxygens (including phenoxy) is 5. The minimum Gasteiger partial charge on any atom is -0.458 e. The molecule has 0 aromatic heterocycles.